The molecule has 3 aromatic rings. The first-order valence-corrected chi connectivity index (χ1v) is 11.2. The number of fused-ring (bicyclic) bond motifs is 3. The van der Waals surface area contributed by atoms with Gasteiger partial charge in [0.2, 0.25) is 0 Å². The van der Waals surface area contributed by atoms with E-state index in [-0.39, 0.29) is 36.9 Å². The number of likely N-dealkylation sites (tertiary alicyclic amines) is 1. The fourth-order valence-corrected chi connectivity index (χ4v) is 4.89. The minimum atomic E-state index is -1.21. The Hall–Kier alpha value is -4.18. The Bertz CT molecular complexity index is 1270. The van der Waals surface area contributed by atoms with Gasteiger partial charge in [-0.2, -0.15) is 5.10 Å². The Kier molecular flexibility index (Phi) is 5.73. The van der Waals surface area contributed by atoms with Crippen LogP contribution in [0.15, 0.2) is 54.7 Å². The van der Waals surface area contributed by atoms with Gasteiger partial charge in [-0.1, -0.05) is 48.5 Å². The van der Waals surface area contributed by atoms with E-state index in [0.29, 0.717) is 0 Å². The maximum absolute atomic E-state index is 13.0. The molecule has 1 saturated heterocycles. The van der Waals surface area contributed by atoms with Crippen LogP contribution in [-0.4, -0.2) is 68.2 Å². The largest absolute Gasteiger partial charge is 0.480 e. The van der Waals surface area contributed by atoms with Crippen LogP contribution in [0.2, 0.25) is 0 Å². The lowest BCUT2D eigenvalue weighted by Crippen LogP contribution is -2.41. The summed E-state index contributed by atoms with van der Waals surface area (Å²) >= 11 is 0. The predicted octanol–water partition coefficient (Wildman–Crippen LogP) is 2.44. The van der Waals surface area contributed by atoms with E-state index in [1.807, 2.05) is 48.5 Å². The number of benzene rings is 2. The highest BCUT2D eigenvalue weighted by molar-refractivity contribution is 6.02. The molecule has 1 fully saturated rings. The summed E-state index contributed by atoms with van der Waals surface area (Å²) in [7, 11) is 1.58. The van der Waals surface area contributed by atoms with Crippen molar-refractivity contribution < 1.29 is 29.3 Å². The number of anilines is 1. The first-order valence-electron chi connectivity index (χ1n) is 11.2. The molecule has 180 valence electrons. The molecule has 3 N–H and O–H groups in total. The standard InChI is InChI=1S/C25H24N4O6/c1-28-12-20(22(27-28)23(31)29-11-14(30)10-21(29)24(32)33)26-25(34)35-13-19-17-8-4-2-6-15(17)16-7-3-5-9-18(16)19/h2-9,12,14,19,21,30H,10-11,13H2,1H3,(H,26,34)(H,32,33)/t14?,21-/m0/s1. The maximum atomic E-state index is 13.0. The topological polar surface area (TPSA) is 134 Å². The van der Waals surface area contributed by atoms with Crippen LogP contribution in [0.3, 0.4) is 0 Å². The molecule has 1 unspecified atom stereocenters. The van der Waals surface area contributed by atoms with Crippen molar-refractivity contribution in [2.45, 2.75) is 24.5 Å². The number of carboxylic acid groups (broad SMARTS) is 1. The highest BCUT2D eigenvalue weighted by Gasteiger charge is 2.41. The lowest BCUT2D eigenvalue weighted by atomic mass is 9.98. The number of aryl methyl sites for hydroxylation is 1. The zero-order chi connectivity index (χ0) is 24.7. The molecule has 0 spiro atoms. The van der Waals surface area contributed by atoms with E-state index in [1.54, 1.807) is 7.05 Å². The Morgan fingerprint density at radius 2 is 1.71 bits per heavy atom. The number of nitrogens with zero attached hydrogens (tertiary/aromatic N) is 3. The lowest BCUT2D eigenvalue weighted by molar-refractivity contribution is -0.141. The molecule has 2 aliphatic rings. The van der Waals surface area contributed by atoms with Crippen LogP contribution >= 0.6 is 0 Å². The van der Waals surface area contributed by atoms with E-state index >= 15 is 0 Å². The van der Waals surface area contributed by atoms with Gasteiger partial charge in [-0.15, -0.1) is 0 Å². The van der Waals surface area contributed by atoms with Crippen LogP contribution in [0, 0.1) is 0 Å². The molecule has 0 bridgehead atoms. The summed E-state index contributed by atoms with van der Waals surface area (Å²) in [5, 5.41) is 26.0. The number of carboxylic acids is 1. The average molecular weight is 476 g/mol. The smallest absolute Gasteiger partial charge is 0.411 e. The van der Waals surface area contributed by atoms with Crippen molar-refractivity contribution in [3.05, 3.63) is 71.5 Å². The molecule has 2 aromatic carbocycles. The number of amides is 2. The van der Waals surface area contributed by atoms with Gasteiger partial charge in [-0.3, -0.25) is 14.8 Å². The van der Waals surface area contributed by atoms with E-state index in [1.165, 1.54) is 10.9 Å². The third-order valence-electron chi connectivity index (χ3n) is 6.44. The number of aliphatic carboxylic acids is 1. The molecule has 1 aliphatic heterocycles. The Balaban J connectivity index is 1.31. The summed E-state index contributed by atoms with van der Waals surface area (Å²) in [4.78, 5) is 38.3. The predicted molar refractivity (Wildman–Crippen MR) is 125 cm³/mol. The van der Waals surface area contributed by atoms with Gasteiger partial charge >= 0.3 is 12.1 Å². The third-order valence-corrected chi connectivity index (χ3v) is 6.44. The van der Waals surface area contributed by atoms with Gasteiger partial charge in [0.15, 0.2) is 5.69 Å². The molecule has 1 aliphatic carbocycles. The summed E-state index contributed by atoms with van der Waals surface area (Å²) in [6, 6.07) is 14.8. The number of carbonyl (C=O) groups is 3. The van der Waals surface area contributed by atoms with Gasteiger partial charge < -0.3 is 19.8 Å². The molecule has 1 aromatic heterocycles. The van der Waals surface area contributed by atoms with Gasteiger partial charge in [0.05, 0.1) is 11.8 Å². The maximum Gasteiger partial charge on any atom is 0.411 e. The summed E-state index contributed by atoms with van der Waals surface area (Å²) < 4.78 is 6.89. The highest BCUT2D eigenvalue weighted by Crippen LogP contribution is 2.44. The monoisotopic (exact) mass is 476 g/mol. The van der Waals surface area contributed by atoms with Crippen LogP contribution < -0.4 is 5.32 Å². The highest BCUT2D eigenvalue weighted by atomic mass is 16.5. The second kappa shape index (κ2) is 8.88. The number of β-amino-alcohol motifs (C(OH)–C–C–N with tert-alkyl or cyclic N) is 1. The molecule has 2 heterocycles. The van der Waals surface area contributed by atoms with Crippen molar-refractivity contribution in [3.8, 4) is 11.1 Å². The van der Waals surface area contributed by atoms with Crippen molar-refractivity contribution in [2.24, 2.45) is 7.05 Å². The molecule has 2 atom stereocenters. The fourth-order valence-electron chi connectivity index (χ4n) is 4.89. The fraction of sp³-hybridized carbons (Fsp3) is 0.280. The summed E-state index contributed by atoms with van der Waals surface area (Å²) in [5.74, 6) is -2.02. The van der Waals surface area contributed by atoms with Crippen molar-refractivity contribution in [2.75, 3.05) is 18.5 Å². The average Bonchev–Trinajstić information content (AvgIpc) is 3.50. The van der Waals surface area contributed by atoms with Gasteiger partial charge in [-0.05, 0) is 22.3 Å². The lowest BCUT2D eigenvalue weighted by Gasteiger charge is -2.20. The Labute approximate surface area is 200 Å². The van der Waals surface area contributed by atoms with Crippen molar-refractivity contribution >= 4 is 23.7 Å². The molecule has 10 heteroatoms. The zero-order valence-corrected chi connectivity index (χ0v) is 18.9. The van der Waals surface area contributed by atoms with E-state index in [4.69, 9.17) is 4.74 Å². The molecule has 0 radical (unpaired) electrons. The van der Waals surface area contributed by atoms with Gasteiger partial charge in [0.25, 0.3) is 5.91 Å². The first-order chi connectivity index (χ1) is 16.8. The van der Waals surface area contributed by atoms with Crippen molar-refractivity contribution in [3.63, 3.8) is 0 Å². The minimum Gasteiger partial charge on any atom is -0.480 e. The van der Waals surface area contributed by atoms with E-state index in [9.17, 15) is 24.6 Å². The quantitative estimate of drug-likeness (QED) is 0.515. The first kappa shape index (κ1) is 22.6. The van der Waals surface area contributed by atoms with Crippen LogP contribution in [0.1, 0.15) is 34.0 Å². The molecular formula is C25H24N4O6. The number of ether oxygens (including phenoxy) is 1. The zero-order valence-electron chi connectivity index (χ0n) is 18.9. The van der Waals surface area contributed by atoms with E-state index in [2.05, 4.69) is 10.4 Å². The number of nitrogens with one attached hydrogen (secondary N) is 1. The molecule has 2 amide bonds. The van der Waals surface area contributed by atoms with Crippen LogP contribution in [0.5, 0.6) is 0 Å². The Morgan fingerprint density at radius 1 is 1.09 bits per heavy atom. The van der Waals surface area contributed by atoms with Gasteiger partial charge in [-0.25, -0.2) is 9.59 Å². The van der Waals surface area contributed by atoms with Crippen molar-refractivity contribution in [1.82, 2.24) is 14.7 Å². The van der Waals surface area contributed by atoms with E-state index in [0.717, 1.165) is 27.2 Å². The van der Waals surface area contributed by atoms with Gasteiger partial charge in [0.1, 0.15) is 12.6 Å². The molecule has 0 saturated carbocycles. The summed E-state index contributed by atoms with van der Waals surface area (Å²) in [6.07, 6.45) is -0.326. The number of hydrogen-bond donors (Lipinski definition) is 3. The second-order valence-electron chi connectivity index (χ2n) is 8.72. The Morgan fingerprint density at radius 3 is 2.34 bits per heavy atom. The van der Waals surface area contributed by atoms with E-state index < -0.39 is 30.1 Å². The summed E-state index contributed by atoms with van der Waals surface area (Å²) in [5.41, 5.74) is 4.34. The molecular weight excluding hydrogens is 452 g/mol. The number of carbonyl (C=O) groups excluding carboxylic acids is 2. The SMILES string of the molecule is Cn1cc(NC(=O)OCC2c3ccccc3-c3ccccc32)c(C(=O)N2CC(O)C[C@H]2C(=O)O)n1. The normalized spacial score (nSPS) is 18.7. The number of aromatic nitrogens is 2. The second-order valence-corrected chi connectivity index (χ2v) is 8.72. The van der Waals surface area contributed by atoms with Crippen LogP contribution in [-0.2, 0) is 16.6 Å². The number of aliphatic hydroxyl groups excluding tert-OH is 1. The number of hydrogen-bond acceptors (Lipinski definition) is 6. The summed E-state index contributed by atoms with van der Waals surface area (Å²) in [6.45, 7) is -0.0282. The van der Waals surface area contributed by atoms with Gasteiger partial charge in [0, 0.05) is 32.1 Å². The number of rotatable bonds is 5. The minimum absolute atomic E-state index is 0.0664. The molecule has 5 rings (SSSR count). The van der Waals surface area contributed by atoms with Crippen LogP contribution in [0.4, 0.5) is 10.5 Å². The molecule has 10 nitrogen and oxygen atoms in total. The van der Waals surface area contributed by atoms with Crippen molar-refractivity contribution in [1.29, 1.82) is 0 Å². The van der Waals surface area contributed by atoms with Crippen LogP contribution in [0.25, 0.3) is 11.1 Å². The number of aliphatic hydroxyl groups is 1. The molecule has 35 heavy (non-hydrogen) atoms. The third kappa shape index (κ3) is 4.12.